The third-order valence-corrected chi connectivity index (χ3v) is 2.15. The zero-order valence-electron chi connectivity index (χ0n) is 6.85. The number of hydrogen-bond acceptors (Lipinski definition) is 2. The molecule has 1 aliphatic rings. The summed E-state index contributed by atoms with van der Waals surface area (Å²) in [4.78, 5) is 0. The van der Waals surface area contributed by atoms with Crippen LogP contribution in [0.4, 0.5) is 0 Å². The van der Waals surface area contributed by atoms with Gasteiger partial charge in [-0.05, 0) is 13.8 Å². The van der Waals surface area contributed by atoms with Gasteiger partial charge in [0.2, 0.25) is 0 Å². The predicted octanol–water partition coefficient (Wildman–Crippen LogP) is -0.515. The molecule has 1 fully saturated rings. The normalized spacial score (nSPS) is 49.2. The maximum absolute atomic E-state index is 11.2. The van der Waals surface area contributed by atoms with Gasteiger partial charge < -0.3 is 10.3 Å². The van der Waals surface area contributed by atoms with E-state index in [1.807, 2.05) is 13.8 Å². The van der Waals surface area contributed by atoms with Crippen molar-refractivity contribution >= 4 is 0 Å². The molecule has 4 atom stereocenters. The first-order valence-electron chi connectivity index (χ1n) is 3.91. The maximum atomic E-state index is 11.2. The molecular formula is C7H16N2O. The van der Waals surface area contributed by atoms with E-state index in [-0.39, 0.29) is 12.2 Å². The Kier molecular flexibility index (Phi) is 2.28. The topological polar surface area (TPSA) is 39.5 Å². The van der Waals surface area contributed by atoms with Crippen LogP contribution in [0, 0.1) is 5.21 Å². The summed E-state index contributed by atoms with van der Waals surface area (Å²) in [5, 5.41) is 14.8. The number of hydroxylamine groups is 2. The van der Waals surface area contributed by atoms with Gasteiger partial charge in [-0.2, -0.15) is 0 Å². The lowest BCUT2D eigenvalue weighted by molar-refractivity contribution is -0.907. The monoisotopic (exact) mass is 144 g/mol. The zero-order valence-corrected chi connectivity index (χ0v) is 6.85. The van der Waals surface area contributed by atoms with Crippen LogP contribution in [0.3, 0.4) is 0 Å². The zero-order chi connectivity index (χ0) is 7.72. The molecule has 4 unspecified atom stereocenters. The van der Waals surface area contributed by atoms with E-state index in [9.17, 15) is 5.21 Å². The van der Waals surface area contributed by atoms with E-state index < -0.39 is 0 Å². The molecule has 0 aromatic heterocycles. The Morgan fingerprint density at radius 3 is 2.50 bits per heavy atom. The van der Waals surface area contributed by atoms with Gasteiger partial charge in [-0.15, -0.1) is 0 Å². The summed E-state index contributed by atoms with van der Waals surface area (Å²) < 4.78 is 0. The maximum Gasteiger partial charge on any atom is 0.138 e. The van der Waals surface area contributed by atoms with Crippen LogP contribution in [0.5, 0.6) is 0 Å². The van der Waals surface area contributed by atoms with Crippen molar-refractivity contribution < 1.29 is 5.06 Å². The van der Waals surface area contributed by atoms with Crippen LogP contribution in [0.25, 0.3) is 0 Å². The van der Waals surface area contributed by atoms with Crippen LogP contribution in [0.2, 0.25) is 0 Å². The lowest BCUT2D eigenvalue weighted by atomic mass is 10.1. The van der Waals surface area contributed by atoms with Crippen LogP contribution >= 0.6 is 0 Å². The van der Waals surface area contributed by atoms with Crippen LogP contribution in [0.15, 0.2) is 0 Å². The summed E-state index contributed by atoms with van der Waals surface area (Å²) in [7, 11) is 0. The highest BCUT2D eigenvalue weighted by atomic mass is 16.5. The first-order valence-corrected chi connectivity index (χ1v) is 3.91. The van der Waals surface area contributed by atoms with E-state index in [1.165, 1.54) is 0 Å². The third kappa shape index (κ3) is 1.48. The number of hydrogen-bond donors (Lipinski definition) is 2. The Bertz CT molecular complexity index is 106. The molecule has 1 saturated heterocycles. The Hall–Kier alpha value is -0.120. The molecule has 60 valence electrons. The minimum Gasteiger partial charge on any atom is -0.633 e. The van der Waals surface area contributed by atoms with Gasteiger partial charge in [0.05, 0.1) is 6.04 Å². The first kappa shape index (κ1) is 7.98. The molecule has 10 heavy (non-hydrogen) atoms. The molecule has 0 aliphatic carbocycles. The average Bonchev–Trinajstić information content (AvgIpc) is 1.82. The molecule has 1 aliphatic heterocycles. The van der Waals surface area contributed by atoms with Gasteiger partial charge in [0.15, 0.2) is 0 Å². The lowest BCUT2D eigenvalue weighted by Crippen LogP contribution is -3.18. The summed E-state index contributed by atoms with van der Waals surface area (Å²) >= 11 is 0. The summed E-state index contributed by atoms with van der Waals surface area (Å²) in [6.07, 6.45) is 1.06. The van der Waals surface area contributed by atoms with Crippen LogP contribution in [-0.2, 0) is 0 Å². The van der Waals surface area contributed by atoms with Crippen molar-refractivity contribution in [2.45, 2.75) is 45.4 Å². The molecule has 0 aromatic carbocycles. The minimum atomic E-state index is 0.0683. The van der Waals surface area contributed by atoms with Gasteiger partial charge in [-0.3, -0.25) is 5.32 Å². The van der Waals surface area contributed by atoms with Gasteiger partial charge in [-0.1, -0.05) is 0 Å². The Morgan fingerprint density at radius 2 is 2.00 bits per heavy atom. The second-order valence-corrected chi connectivity index (χ2v) is 3.33. The fourth-order valence-corrected chi connectivity index (χ4v) is 1.65. The van der Waals surface area contributed by atoms with E-state index in [4.69, 9.17) is 0 Å². The average molecular weight is 144 g/mol. The fourth-order valence-electron chi connectivity index (χ4n) is 1.65. The smallest absolute Gasteiger partial charge is 0.138 e. The summed E-state index contributed by atoms with van der Waals surface area (Å²) in [6.45, 7) is 6.07. The quantitative estimate of drug-likeness (QED) is 0.449. The van der Waals surface area contributed by atoms with E-state index in [2.05, 4.69) is 12.2 Å². The molecule has 0 bridgehead atoms. The standard InChI is InChI=1S/C7H16N2O/c1-5-4-6(2)9(10)7(3)8-5/h5-9H,4H2,1-3H3. The second-order valence-electron chi connectivity index (χ2n) is 3.33. The molecule has 0 amide bonds. The molecule has 3 heteroatoms. The van der Waals surface area contributed by atoms with Crippen molar-refractivity contribution in [2.75, 3.05) is 0 Å². The van der Waals surface area contributed by atoms with E-state index in [0.29, 0.717) is 11.1 Å². The number of rotatable bonds is 0. The van der Waals surface area contributed by atoms with E-state index in [0.717, 1.165) is 6.42 Å². The molecular weight excluding hydrogens is 128 g/mol. The lowest BCUT2D eigenvalue weighted by Gasteiger charge is -2.41. The van der Waals surface area contributed by atoms with Crippen molar-refractivity contribution in [3.63, 3.8) is 0 Å². The van der Waals surface area contributed by atoms with Gasteiger partial charge in [0.1, 0.15) is 6.17 Å². The highest BCUT2D eigenvalue weighted by molar-refractivity contribution is 4.70. The van der Waals surface area contributed by atoms with Gasteiger partial charge >= 0.3 is 0 Å². The predicted molar refractivity (Wildman–Crippen MR) is 40.5 cm³/mol. The Labute approximate surface area is 62.0 Å². The highest BCUT2D eigenvalue weighted by Crippen LogP contribution is 1.99. The van der Waals surface area contributed by atoms with Crippen molar-refractivity contribution in [1.82, 2.24) is 5.32 Å². The van der Waals surface area contributed by atoms with Gasteiger partial charge in [0.25, 0.3) is 0 Å². The second kappa shape index (κ2) is 2.86. The molecule has 0 radical (unpaired) electrons. The third-order valence-electron chi connectivity index (χ3n) is 2.15. The summed E-state index contributed by atoms with van der Waals surface area (Å²) in [5.74, 6) is 0. The van der Waals surface area contributed by atoms with Crippen molar-refractivity contribution in [3.8, 4) is 0 Å². The SMILES string of the molecule is CC1CC(C)[NH+]([O-])C(C)N1. The largest absolute Gasteiger partial charge is 0.633 e. The van der Waals surface area contributed by atoms with Crippen LogP contribution < -0.4 is 10.4 Å². The molecule has 0 aromatic rings. The molecule has 2 N–H and O–H groups in total. The van der Waals surface area contributed by atoms with Crippen LogP contribution in [-0.4, -0.2) is 18.2 Å². The van der Waals surface area contributed by atoms with Crippen molar-refractivity contribution in [1.29, 1.82) is 0 Å². The molecule has 0 spiro atoms. The van der Waals surface area contributed by atoms with Crippen LogP contribution in [0.1, 0.15) is 27.2 Å². The minimum absolute atomic E-state index is 0.0683. The number of nitrogens with one attached hydrogen (secondary N) is 2. The van der Waals surface area contributed by atoms with Crippen molar-refractivity contribution in [3.05, 3.63) is 5.21 Å². The molecule has 3 nitrogen and oxygen atoms in total. The van der Waals surface area contributed by atoms with E-state index in [1.54, 1.807) is 0 Å². The molecule has 1 rings (SSSR count). The van der Waals surface area contributed by atoms with Gasteiger partial charge in [-0.25, -0.2) is 0 Å². The van der Waals surface area contributed by atoms with Crippen molar-refractivity contribution in [2.24, 2.45) is 0 Å². The molecule has 0 saturated carbocycles. The molecule has 1 heterocycles. The summed E-state index contributed by atoms with van der Waals surface area (Å²) in [6, 6.07) is 0.758. The Morgan fingerprint density at radius 1 is 1.40 bits per heavy atom. The van der Waals surface area contributed by atoms with Gasteiger partial charge in [0, 0.05) is 19.4 Å². The fraction of sp³-hybridized carbons (Fsp3) is 1.00. The highest BCUT2D eigenvalue weighted by Gasteiger charge is 2.25. The summed E-state index contributed by atoms with van der Waals surface area (Å²) in [5.41, 5.74) is 0. The van der Waals surface area contributed by atoms with E-state index >= 15 is 0 Å². The number of quaternary nitrogens is 1. The Balaban J connectivity index is 2.49. The first-order chi connectivity index (χ1) is 4.61.